The highest BCUT2D eigenvalue weighted by molar-refractivity contribution is 14.0. The lowest BCUT2D eigenvalue weighted by Gasteiger charge is -2.26. The molecule has 0 aliphatic carbocycles. The van der Waals surface area contributed by atoms with Gasteiger partial charge in [0.15, 0.2) is 17.4 Å². The fourth-order valence-corrected chi connectivity index (χ4v) is 3.34. The molecule has 4 rings (SSSR count). The fourth-order valence-electron chi connectivity index (χ4n) is 3.34. The molecule has 1 aliphatic rings. The van der Waals surface area contributed by atoms with Crippen LogP contribution in [0.15, 0.2) is 53.7 Å². The summed E-state index contributed by atoms with van der Waals surface area (Å²) >= 11 is 0. The van der Waals surface area contributed by atoms with Crippen LogP contribution in [0, 0.1) is 0 Å². The van der Waals surface area contributed by atoms with E-state index in [1.54, 1.807) is 0 Å². The van der Waals surface area contributed by atoms with Crippen LogP contribution in [0.3, 0.4) is 0 Å². The summed E-state index contributed by atoms with van der Waals surface area (Å²) in [4.78, 5) is 4.69. The number of pyridine rings is 1. The predicted octanol–water partition coefficient (Wildman–Crippen LogP) is 2.97. The Kier molecular flexibility index (Phi) is 7.07. The summed E-state index contributed by atoms with van der Waals surface area (Å²) in [6.07, 6.45) is 2.96. The third kappa shape index (κ3) is 4.54. The van der Waals surface area contributed by atoms with Gasteiger partial charge in [-0.1, -0.05) is 24.3 Å². The summed E-state index contributed by atoms with van der Waals surface area (Å²) in [6, 6.07) is 14.1. The van der Waals surface area contributed by atoms with Crippen LogP contribution in [0.25, 0.3) is 5.65 Å². The third-order valence-corrected chi connectivity index (χ3v) is 4.71. The van der Waals surface area contributed by atoms with Crippen molar-refractivity contribution in [2.75, 3.05) is 19.7 Å². The minimum Gasteiger partial charge on any atom is -0.493 e. The second-order valence-electron chi connectivity index (χ2n) is 6.49. The molecule has 0 radical (unpaired) electrons. The highest BCUT2D eigenvalue weighted by Crippen LogP contribution is 2.32. The number of halogens is 1. The number of guanidine groups is 1. The monoisotopic (exact) mass is 492 g/mol. The van der Waals surface area contributed by atoms with E-state index in [1.165, 1.54) is 5.56 Å². The van der Waals surface area contributed by atoms with Gasteiger partial charge < -0.3 is 15.4 Å². The Hall–Kier alpha value is -2.36. The van der Waals surface area contributed by atoms with Crippen molar-refractivity contribution in [3.63, 3.8) is 0 Å². The van der Waals surface area contributed by atoms with E-state index in [9.17, 15) is 0 Å². The van der Waals surface area contributed by atoms with Gasteiger partial charge in [-0.2, -0.15) is 0 Å². The molecule has 28 heavy (non-hydrogen) atoms. The first-order valence-electron chi connectivity index (χ1n) is 9.37. The largest absolute Gasteiger partial charge is 0.493 e. The van der Waals surface area contributed by atoms with Gasteiger partial charge in [0.25, 0.3) is 0 Å². The molecular weight excluding hydrogens is 467 g/mol. The number of benzene rings is 1. The normalized spacial score (nSPS) is 16.0. The Balaban J connectivity index is 0.00000225. The number of hydrogen-bond donors (Lipinski definition) is 2. The first-order chi connectivity index (χ1) is 13.3. The first kappa shape index (κ1) is 20.4. The molecule has 2 N–H and O–H groups in total. The van der Waals surface area contributed by atoms with Gasteiger partial charge in [0, 0.05) is 25.2 Å². The molecule has 0 saturated heterocycles. The van der Waals surface area contributed by atoms with Gasteiger partial charge in [0.1, 0.15) is 12.3 Å². The molecule has 7 nitrogen and oxygen atoms in total. The quantitative estimate of drug-likeness (QED) is 0.326. The lowest BCUT2D eigenvalue weighted by molar-refractivity contribution is 0.267. The molecule has 8 heteroatoms. The minimum absolute atomic E-state index is 0. The molecule has 0 amide bonds. The van der Waals surface area contributed by atoms with Crippen molar-refractivity contribution < 1.29 is 4.74 Å². The Morgan fingerprint density at radius 3 is 2.93 bits per heavy atom. The zero-order chi connectivity index (χ0) is 18.5. The van der Waals surface area contributed by atoms with Gasteiger partial charge in [-0.25, -0.2) is 4.99 Å². The SMILES string of the molecule is CCNC(=NCc1nnc2ccccn12)NCC1CCOc2ccccc21.I. The van der Waals surface area contributed by atoms with Crippen LogP contribution in [0.1, 0.15) is 30.7 Å². The zero-order valence-electron chi connectivity index (χ0n) is 15.8. The lowest BCUT2D eigenvalue weighted by atomic mass is 9.93. The maximum absolute atomic E-state index is 5.75. The standard InChI is InChI=1S/C20H24N6O.HI/c1-2-21-20(23-14-19-25-24-18-9-5-6-11-26(18)19)22-13-15-10-12-27-17-8-4-3-7-16(15)17;/h3-9,11,15H,2,10,12-14H2,1H3,(H2,21,22,23);1H. The molecule has 3 aromatic rings. The number of rotatable bonds is 5. The van der Waals surface area contributed by atoms with Crippen molar-refractivity contribution in [1.29, 1.82) is 0 Å². The summed E-state index contributed by atoms with van der Waals surface area (Å²) in [5, 5.41) is 15.2. The Labute approximate surface area is 181 Å². The van der Waals surface area contributed by atoms with Crippen LogP contribution in [-0.2, 0) is 6.54 Å². The number of para-hydroxylation sites is 1. The fraction of sp³-hybridized carbons (Fsp3) is 0.350. The van der Waals surface area contributed by atoms with Crippen LogP contribution in [0.4, 0.5) is 0 Å². The molecule has 1 aromatic carbocycles. The molecule has 2 aromatic heterocycles. The molecular formula is C20H25IN6O. The third-order valence-electron chi connectivity index (χ3n) is 4.71. The maximum atomic E-state index is 5.75. The van der Waals surface area contributed by atoms with Crippen molar-refractivity contribution >= 4 is 35.6 Å². The molecule has 0 spiro atoms. The van der Waals surface area contributed by atoms with Crippen molar-refractivity contribution in [2.45, 2.75) is 25.8 Å². The molecule has 0 bridgehead atoms. The van der Waals surface area contributed by atoms with Gasteiger partial charge in [-0.3, -0.25) is 4.40 Å². The van der Waals surface area contributed by atoms with Gasteiger partial charge in [-0.05, 0) is 37.1 Å². The minimum atomic E-state index is 0. The smallest absolute Gasteiger partial charge is 0.191 e. The van der Waals surface area contributed by atoms with E-state index in [1.807, 2.05) is 40.9 Å². The zero-order valence-corrected chi connectivity index (χ0v) is 18.2. The molecule has 3 heterocycles. The van der Waals surface area contributed by atoms with Crippen LogP contribution < -0.4 is 15.4 Å². The molecule has 1 aliphatic heterocycles. The number of fused-ring (bicyclic) bond motifs is 2. The van der Waals surface area contributed by atoms with E-state index in [4.69, 9.17) is 4.74 Å². The van der Waals surface area contributed by atoms with E-state index < -0.39 is 0 Å². The highest BCUT2D eigenvalue weighted by atomic mass is 127. The van der Waals surface area contributed by atoms with Crippen LogP contribution in [0.5, 0.6) is 5.75 Å². The first-order valence-corrected chi connectivity index (χ1v) is 9.37. The topological polar surface area (TPSA) is 75.8 Å². The van der Waals surface area contributed by atoms with E-state index >= 15 is 0 Å². The van der Waals surface area contributed by atoms with Gasteiger partial charge in [-0.15, -0.1) is 34.2 Å². The van der Waals surface area contributed by atoms with Crippen LogP contribution >= 0.6 is 24.0 Å². The Bertz CT molecular complexity index is 941. The Morgan fingerprint density at radius 1 is 1.18 bits per heavy atom. The summed E-state index contributed by atoms with van der Waals surface area (Å²) < 4.78 is 7.71. The second kappa shape index (κ2) is 9.72. The van der Waals surface area contributed by atoms with Crippen molar-refractivity contribution in [2.24, 2.45) is 4.99 Å². The molecule has 148 valence electrons. The van der Waals surface area contributed by atoms with Crippen molar-refractivity contribution in [3.05, 3.63) is 60.0 Å². The van der Waals surface area contributed by atoms with E-state index in [0.29, 0.717) is 12.5 Å². The number of aromatic nitrogens is 3. The summed E-state index contributed by atoms with van der Waals surface area (Å²) in [5.74, 6) is 3.01. The van der Waals surface area contributed by atoms with E-state index in [0.717, 1.165) is 49.3 Å². The number of nitrogens with zero attached hydrogens (tertiary/aromatic N) is 4. The van der Waals surface area contributed by atoms with Gasteiger partial charge >= 0.3 is 0 Å². The number of hydrogen-bond acceptors (Lipinski definition) is 4. The van der Waals surface area contributed by atoms with Crippen LogP contribution in [-0.4, -0.2) is 40.3 Å². The van der Waals surface area contributed by atoms with Gasteiger partial charge in [0.2, 0.25) is 0 Å². The van der Waals surface area contributed by atoms with Crippen molar-refractivity contribution in [3.8, 4) is 5.75 Å². The molecule has 0 fully saturated rings. The van der Waals surface area contributed by atoms with Crippen molar-refractivity contribution in [1.82, 2.24) is 25.2 Å². The summed E-state index contributed by atoms with van der Waals surface area (Å²) in [7, 11) is 0. The average molecular weight is 492 g/mol. The van der Waals surface area contributed by atoms with E-state index in [2.05, 4.69) is 44.9 Å². The van der Waals surface area contributed by atoms with Crippen LogP contribution in [0.2, 0.25) is 0 Å². The highest BCUT2D eigenvalue weighted by Gasteiger charge is 2.21. The predicted molar refractivity (Wildman–Crippen MR) is 121 cm³/mol. The maximum Gasteiger partial charge on any atom is 0.191 e. The Morgan fingerprint density at radius 2 is 2.04 bits per heavy atom. The number of aliphatic imine (C=N–C) groups is 1. The average Bonchev–Trinajstić information content (AvgIpc) is 3.13. The van der Waals surface area contributed by atoms with Gasteiger partial charge in [0.05, 0.1) is 6.61 Å². The summed E-state index contributed by atoms with van der Waals surface area (Å²) in [5.41, 5.74) is 2.09. The number of nitrogens with one attached hydrogen (secondary N) is 2. The molecule has 1 atom stereocenters. The second-order valence-corrected chi connectivity index (χ2v) is 6.49. The summed E-state index contributed by atoms with van der Waals surface area (Å²) in [6.45, 7) is 4.89. The molecule has 0 saturated carbocycles. The molecule has 1 unspecified atom stereocenters. The lowest BCUT2D eigenvalue weighted by Crippen LogP contribution is -2.40. The number of ether oxygens (including phenoxy) is 1. The van der Waals surface area contributed by atoms with E-state index in [-0.39, 0.29) is 24.0 Å².